The first kappa shape index (κ1) is 20.5. The zero-order valence-electron chi connectivity index (χ0n) is 16.0. The molecule has 2 rings (SSSR count). The van der Waals surface area contributed by atoms with Crippen LogP contribution in [0.3, 0.4) is 0 Å². The fraction of sp³-hybridized carbons (Fsp3) is 0.263. The van der Waals surface area contributed by atoms with Crippen molar-refractivity contribution in [1.29, 1.82) is 5.26 Å². The van der Waals surface area contributed by atoms with E-state index in [0.717, 1.165) is 9.13 Å². The third-order valence-electron chi connectivity index (χ3n) is 4.12. The van der Waals surface area contributed by atoms with E-state index in [1.165, 1.54) is 27.3 Å². The first-order valence-corrected chi connectivity index (χ1v) is 8.30. The molecule has 0 fully saturated rings. The molecule has 0 bridgehead atoms. The van der Waals surface area contributed by atoms with E-state index in [4.69, 9.17) is 15.2 Å². The Kier molecular flexibility index (Phi) is 6.05. The number of nitrogens with two attached hydrogens (primary N) is 1. The van der Waals surface area contributed by atoms with E-state index in [0.29, 0.717) is 23.7 Å². The van der Waals surface area contributed by atoms with Crippen LogP contribution in [-0.2, 0) is 14.1 Å². The van der Waals surface area contributed by atoms with Crippen LogP contribution in [0.5, 0.6) is 11.5 Å². The molecule has 146 valence electrons. The maximum atomic E-state index is 12.9. The van der Waals surface area contributed by atoms with Gasteiger partial charge in [-0.2, -0.15) is 5.26 Å². The normalized spacial score (nSPS) is 11.0. The number of para-hydroxylation sites is 1. The highest BCUT2D eigenvalue weighted by Gasteiger charge is 2.24. The number of benzene rings is 1. The smallest absolute Gasteiger partial charge is 0.332 e. The van der Waals surface area contributed by atoms with Gasteiger partial charge in [-0.1, -0.05) is 12.1 Å². The fourth-order valence-corrected chi connectivity index (χ4v) is 2.65. The molecule has 0 spiro atoms. The Bertz CT molecular complexity index is 1120. The van der Waals surface area contributed by atoms with Gasteiger partial charge in [-0.05, 0) is 19.1 Å². The van der Waals surface area contributed by atoms with Gasteiger partial charge < -0.3 is 15.2 Å². The number of Topliss-reactive ketones (excluding diaryl/α,β-unsaturated/α-hetero) is 1. The van der Waals surface area contributed by atoms with Gasteiger partial charge >= 0.3 is 5.69 Å². The number of aromatic nitrogens is 2. The Balaban J connectivity index is 2.68. The lowest BCUT2D eigenvalue weighted by molar-refractivity contribution is 0.103. The molecule has 2 N–H and O–H groups in total. The second-order valence-electron chi connectivity index (χ2n) is 5.78. The van der Waals surface area contributed by atoms with Gasteiger partial charge in [-0.25, -0.2) is 4.79 Å². The molecule has 0 amide bonds. The quantitative estimate of drug-likeness (QED) is 0.444. The minimum absolute atomic E-state index is 0.311. The summed E-state index contributed by atoms with van der Waals surface area (Å²) >= 11 is 0. The van der Waals surface area contributed by atoms with Crippen molar-refractivity contribution in [3.63, 3.8) is 0 Å². The van der Waals surface area contributed by atoms with Gasteiger partial charge in [0, 0.05) is 19.7 Å². The lowest BCUT2D eigenvalue weighted by atomic mass is 10.0. The second-order valence-corrected chi connectivity index (χ2v) is 5.78. The summed E-state index contributed by atoms with van der Waals surface area (Å²) in [6.07, 6.45) is 1.29. The summed E-state index contributed by atoms with van der Waals surface area (Å²) in [6, 6.07) is 6.78. The van der Waals surface area contributed by atoms with Gasteiger partial charge in [-0.15, -0.1) is 0 Å². The summed E-state index contributed by atoms with van der Waals surface area (Å²) in [6.45, 7) is 2.21. The van der Waals surface area contributed by atoms with Crippen LogP contribution in [0.25, 0.3) is 6.08 Å². The van der Waals surface area contributed by atoms with Crippen molar-refractivity contribution < 1.29 is 14.3 Å². The van der Waals surface area contributed by atoms with E-state index in [2.05, 4.69) is 0 Å². The Labute approximate surface area is 160 Å². The van der Waals surface area contributed by atoms with Gasteiger partial charge in [0.2, 0.25) is 5.78 Å². The molecule has 0 atom stereocenters. The number of hydrogen-bond donors (Lipinski definition) is 1. The number of nitrogens with zero attached hydrogens (tertiary/aromatic N) is 3. The van der Waals surface area contributed by atoms with Gasteiger partial charge in [0.25, 0.3) is 5.56 Å². The molecule has 1 aromatic heterocycles. The predicted molar refractivity (Wildman–Crippen MR) is 103 cm³/mol. The summed E-state index contributed by atoms with van der Waals surface area (Å²) in [5.74, 6) is -0.415. The van der Waals surface area contributed by atoms with E-state index in [-0.39, 0.29) is 11.4 Å². The van der Waals surface area contributed by atoms with Crippen LogP contribution in [0.15, 0.2) is 33.4 Å². The van der Waals surface area contributed by atoms with E-state index in [9.17, 15) is 19.6 Å². The molecule has 0 radical (unpaired) electrons. The third-order valence-corrected chi connectivity index (χ3v) is 4.12. The molecular weight excluding hydrogens is 364 g/mol. The lowest BCUT2D eigenvalue weighted by Gasteiger charge is -2.12. The van der Waals surface area contributed by atoms with Crippen LogP contribution >= 0.6 is 0 Å². The van der Waals surface area contributed by atoms with Crippen molar-refractivity contribution in [2.24, 2.45) is 14.1 Å². The minimum Gasteiger partial charge on any atom is -0.492 e. The first-order valence-electron chi connectivity index (χ1n) is 8.30. The molecule has 0 saturated carbocycles. The van der Waals surface area contributed by atoms with Crippen molar-refractivity contribution in [3.05, 3.63) is 55.7 Å². The second kappa shape index (κ2) is 8.26. The SMILES string of the molecule is CCOc1cccc(/C=C(\C#N)C(=O)c2c(N)n(C)c(=O)n(C)c2=O)c1OC. The van der Waals surface area contributed by atoms with E-state index in [1.54, 1.807) is 24.3 Å². The lowest BCUT2D eigenvalue weighted by Crippen LogP contribution is -2.41. The zero-order chi connectivity index (χ0) is 21.0. The molecule has 9 heteroatoms. The molecule has 0 aliphatic heterocycles. The molecule has 0 aliphatic carbocycles. The topological polar surface area (TPSA) is 129 Å². The summed E-state index contributed by atoms with van der Waals surface area (Å²) < 4.78 is 12.5. The van der Waals surface area contributed by atoms with Crippen LogP contribution < -0.4 is 26.5 Å². The number of allylic oxidation sites excluding steroid dienone is 1. The fourth-order valence-electron chi connectivity index (χ4n) is 2.65. The minimum atomic E-state index is -0.889. The van der Waals surface area contributed by atoms with Crippen molar-refractivity contribution in [2.45, 2.75) is 6.92 Å². The molecule has 1 heterocycles. The number of ether oxygens (including phenoxy) is 2. The molecule has 0 aliphatic rings. The van der Waals surface area contributed by atoms with Crippen molar-refractivity contribution in [1.82, 2.24) is 9.13 Å². The number of nitriles is 1. The molecule has 1 aromatic carbocycles. The highest BCUT2D eigenvalue weighted by molar-refractivity contribution is 6.16. The monoisotopic (exact) mass is 384 g/mol. The average molecular weight is 384 g/mol. The highest BCUT2D eigenvalue weighted by atomic mass is 16.5. The van der Waals surface area contributed by atoms with E-state index < -0.39 is 22.6 Å². The molecule has 2 aromatic rings. The van der Waals surface area contributed by atoms with E-state index in [1.807, 2.05) is 6.92 Å². The molecular formula is C19H20N4O5. The van der Waals surface area contributed by atoms with Crippen molar-refractivity contribution in [3.8, 4) is 17.6 Å². The maximum Gasteiger partial charge on any atom is 0.332 e. The number of methoxy groups -OCH3 is 1. The molecule has 0 saturated heterocycles. The molecule has 9 nitrogen and oxygen atoms in total. The highest BCUT2D eigenvalue weighted by Crippen LogP contribution is 2.32. The largest absolute Gasteiger partial charge is 0.492 e. The zero-order valence-corrected chi connectivity index (χ0v) is 16.0. The number of carbonyl (C=O) groups excluding carboxylic acids is 1. The van der Waals surface area contributed by atoms with Gasteiger partial charge in [-0.3, -0.25) is 18.7 Å². The number of carbonyl (C=O) groups is 1. The number of ketones is 1. The van der Waals surface area contributed by atoms with Crippen LogP contribution in [-0.4, -0.2) is 28.6 Å². The van der Waals surface area contributed by atoms with Crippen LogP contribution in [0.2, 0.25) is 0 Å². The summed E-state index contributed by atoms with van der Waals surface area (Å²) in [5, 5.41) is 9.50. The van der Waals surface area contributed by atoms with Crippen LogP contribution in [0.1, 0.15) is 22.8 Å². The average Bonchev–Trinajstić information content (AvgIpc) is 2.69. The van der Waals surface area contributed by atoms with Gasteiger partial charge in [0.15, 0.2) is 11.5 Å². The van der Waals surface area contributed by atoms with Gasteiger partial charge in [0.1, 0.15) is 23.0 Å². The third kappa shape index (κ3) is 3.53. The summed E-state index contributed by atoms with van der Waals surface area (Å²) in [5.41, 5.74) is 3.89. The maximum absolute atomic E-state index is 12.9. The van der Waals surface area contributed by atoms with Crippen molar-refractivity contribution >= 4 is 17.7 Å². The molecule has 0 unspecified atom stereocenters. The Morgan fingerprint density at radius 2 is 1.96 bits per heavy atom. The number of rotatable bonds is 6. The predicted octanol–water partition coefficient (Wildman–Crippen LogP) is 0.863. The summed E-state index contributed by atoms with van der Waals surface area (Å²) in [4.78, 5) is 37.2. The van der Waals surface area contributed by atoms with Crippen LogP contribution in [0, 0.1) is 11.3 Å². The number of hydrogen-bond acceptors (Lipinski definition) is 7. The van der Waals surface area contributed by atoms with Crippen LogP contribution in [0.4, 0.5) is 5.82 Å². The van der Waals surface area contributed by atoms with Gasteiger partial charge in [0.05, 0.1) is 13.7 Å². The van der Waals surface area contributed by atoms with Crippen molar-refractivity contribution in [2.75, 3.05) is 19.5 Å². The first-order chi connectivity index (χ1) is 13.3. The molecule has 28 heavy (non-hydrogen) atoms. The number of nitrogen functional groups attached to an aromatic ring is 1. The Morgan fingerprint density at radius 1 is 1.29 bits per heavy atom. The standard InChI is InChI=1S/C19H20N4O5/c1-5-28-13-8-6-7-11(16(13)27-4)9-12(10-20)15(24)14-17(21)22(2)19(26)23(3)18(14)25/h6-9H,5,21H2,1-4H3/b12-9+. The Hall–Kier alpha value is -3.80. The summed E-state index contributed by atoms with van der Waals surface area (Å²) in [7, 11) is 3.99. The number of anilines is 1. The Morgan fingerprint density at radius 3 is 2.54 bits per heavy atom. The van der Waals surface area contributed by atoms with E-state index >= 15 is 0 Å².